The highest BCUT2D eigenvalue weighted by Gasteiger charge is 2.41. The molecule has 5 nitrogen and oxygen atoms in total. The Bertz CT molecular complexity index is 395. The molecule has 0 spiro atoms. The molecule has 1 heterocycles. The Morgan fingerprint density at radius 3 is 2.55 bits per heavy atom. The molecule has 20 heavy (non-hydrogen) atoms. The van der Waals surface area contributed by atoms with Crippen LogP contribution in [-0.4, -0.2) is 40.6 Å². The van der Waals surface area contributed by atoms with Crippen molar-refractivity contribution in [2.24, 2.45) is 11.3 Å². The summed E-state index contributed by atoms with van der Waals surface area (Å²) in [5, 5.41) is 12.4. The number of nitrogens with one attached hydrogen (secondary N) is 1. The smallest absolute Gasteiger partial charge is 0.326 e. The summed E-state index contributed by atoms with van der Waals surface area (Å²) in [5.74, 6) is -0.870. The lowest BCUT2D eigenvalue weighted by Crippen LogP contribution is -2.54. The van der Waals surface area contributed by atoms with Crippen molar-refractivity contribution in [3.05, 3.63) is 0 Å². The van der Waals surface area contributed by atoms with Crippen molar-refractivity contribution >= 4 is 12.0 Å². The fourth-order valence-electron chi connectivity index (χ4n) is 3.54. The Labute approximate surface area is 120 Å². The van der Waals surface area contributed by atoms with Crippen LogP contribution in [0.25, 0.3) is 0 Å². The second-order valence-corrected chi connectivity index (χ2v) is 6.98. The molecular formula is C15H26N2O3. The molecule has 114 valence electrons. The van der Waals surface area contributed by atoms with Crippen LogP contribution in [0.3, 0.4) is 0 Å². The first kappa shape index (κ1) is 15.1. The maximum atomic E-state index is 12.4. The van der Waals surface area contributed by atoms with Gasteiger partial charge >= 0.3 is 12.0 Å². The molecule has 0 radical (unpaired) electrons. The molecule has 2 N–H and O–H groups in total. The van der Waals surface area contributed by atoms with Crippen LogP contribution in [0.15, 0.2) is 0 Å². The zero-order chi connectivity index (χ0) is 14.9. The summed E-state index contributed by atoms with van der Waals surface area (Å²) in [4.78, 5) is 25.2. The average Bonchev–Trinajstić information content (AvgIpc) is 2.74. The van der Waals surface area contributed by atoms with Crippen LogP contribution in [0.4, 0.5) is 4.79 Å². The molecule has 0 aromatic rings. The highest BCUT2D eigenvalue weighted by molar-refractivity contribution is 5.83. The average molecular weight is 282 g/mol. The van der Waals surface area contributed by atoms with Crippen LogP contribution in [0.5, 0.6) is 0 Å². The first-order valence-electron chi connectivity index (χ1n) is 7.63. The number of hydrogen-bond acceptors (Lipinski definition) is 2. The van der Waals surface area contributed by atoms with Crippen molar-refractivity contribution in [3.63, 3.8) is 0 Å². The quantitative estimate of drug-likeness (QED) is 0.817. The molecule has 5 heteroatoms. The number of hydrogen-bond donors (Lipinski definition) is 2. The fraction of sp³-hybridized carbons (Fsp3) is 0.867. The summed E-state index contributed by atoms with van der Waals surface area (Å²) < 4.78 is 0. The summed E-state index contributed by atoms with van der Waals surface area (Å²) in [6, 6.07) is -0.738. The van der Waals surface area contributed by atoms with Crippen LogP contribution in [0.1, 0.15) is 52.9 Å². The van der Waals surface area contributed by atoms with Crippen molar-refractivity contribution < 1.29 is 14.7 Å². The number of amides is 2. The number of aliphatic carboxylic acids is 1. The maximum Gasteiger partial charge on any atom is 0.326 e. The molecule has 3 unspecified atom stereocenters. The lowest BCUT2D eigenvalue weighted by Gasteiger charge is -2.40. The standard InChI is InChI=1S/C15H26N2O3/c1-10-7-9-17(12(10)13(18)19)14(20)16-11-6-4-5-8-15(11,2)3/h10-12H,4-9H2,1-3H3,(H,16,20)(H,18,19). The number of carboxylic acid groups (broad SMARTS) is 1. The molecule has 2 rings (SSSR count). The molecule has 0 aromatic heterocycles. The van der Waals surface area contributed by atoms with E-state index >= 15 is 0 Å². The Morgan fingerprint density at radius 1 is 1.25 bits per heavy atom. The van der Waals surface area contributed by atoms with Gasteiger partial charge in [-0.2, -0.15) is 0 Å². The number of nitrogens with zero attached hydrogens (tertiary/aromatic N) is 1. The molecule has 3 atom stereocenters. The van der Waals surface area contributed by atoms with Crippen LogP contribution in [0, 0.1) is 11.3 Å². The van der Waals surface area contributed by atoms with Gasteiger partial charge in [-0.05, 0) is 30.6 Å². The highest BCUT2D eigenvalue weighted by Crippen LogP contribution is 2.35. The number of rotatable bonds is 2. The molecule has 1 aliphatic carbocycles. The van der Waals surface area contributed by atoms with Crippen molar-refractivity contribution in [1.82, 2.24) is 10.2 Å². The lowest BCUT2D eigenvalue weighted by molar-refractivity contribution is -0.142. The first-order chi connectivity index (χ1) is 9.33. The van der Waals surface area contributed by atoms with Gasteiger partial charge in [-0.25, -0.2) is 9.59 Å². The summed E-state index contributed by atoms with van der Waals surface area (Å²) in [6.45, 7) is 6.80. The monoisotopic (exact) mass is 282 g/mol. The maximum absolute atomic E-state index is 12.4. The summed E-state index contributed by atoms with van der Waals surface area (Å²) >= 11 is 0. The van der Waals surface area contributed by atoms with Gasteiger partial charge < -0.3 is 15.3 Å². The molecular weight excluding hydrogens is 256 g/mol. The zero-order valence-corrected chi connectivity index (χ0v) is 12.7. The minimum Gasteiger partial charge on any atom is -0.480 e. The minimum absolute atomic E-state index is 0.0256. The summed E-state index contributed by atoms with van der Waals surface area (Å²) in [7, 11) is 0. The number of urea groups is 1. The second-order valence-electron chi connectivity index (χ2n) is 6.98. The van der Waals surface area contributed by atoms with E-state index in [-0.39, 0.29) is 23.4 Å². The zero-order valence-electron chi connectivity index (χ0n) is 12.7. The Hall–Kier alpha value is -1.26. The SMILES string of the molecule is CC1CCN(C(=O)NC2CCCCC2(C)C)C1C(=O)O. The van der Waals surface area contributed by atoms with Crippen molar-refractivity contribution in [1.29, 1.82) is 0 Å². The molecule has 2 fully saturated rings. The summed E-state index contributed by atoms with van der Waals surface area (Å²) in [6.07, 6.45) is 5.19. The van der Waals surface area contributed by atoms with Crippen molar-refractivity contribution in [2.75, 3.05) is 6.54 Å². The normalized spacial score (nSPS) is 33.0. The van der Waals surface area contributed by atoms with Gasteiger partial charge in [-0.1, -0.05) is 33.6 Å². The van der Waals surface area contributed by atoms with E-state index in [1.54, 1.807) is 0 Å². The number of carboxylic acids is 1. The van der Waals surface area contributed by atoms with Gasteiger partial charge in [0.2, 0.25) is 0 Å². The van der Waals surface area contributed by atoms with E-state index in [1.807, 2.05) is 6.92 Å². The van der Waals surface area contributed by atoms with Gasteiger partial charge in [-0.15, -0.1) is 0 Å². The Morgan fingerprint density at radius 2 is 1.95 bits per heavy atom. The summed E-state index contributed by atoms with van der Waals surface area (Å²) in [5.41, 5.74) is 0.0952. The topological polar surface area (TPSA) is 69.6 Å². The second kappa shape index (κ2) is 5.62. The Kier molecular flexibility index (Phi) is 4.25. The lowest BCUT2D eigenvalue weighted by atomic mass is 9.73. The molecule has 0 bridgehead atoms. The van der Waals surface area contributed by atoms with Crippen LogP contribution in [-0.2, 0) is 4.79 Å². The fourth-order valence-corrected chi connectivity index (χ4v) is 3.54. The molecule has 2 aliphatic rings. The van der Waals surface area contributed by atoms with Gasteiger partial charge in [0, 0.05) is 12.6 Å². The third-order valence-corrected chi connectivity index (χ3v) is 5.02. The molecule has 0 aromatic carbocycles. The number of carbonyl (C=O) groups excluding carboxylic acids is 1. The molecule has 1 saturated carbocycles. The molecule has 2 amide bonds. The van der Waals surface area contributed by atoms with Gasteiger partial charge in [0.15, 0.2) is 0 Å². The van der Waals surface area contributed by atoms with E-state index in [0.29, 0.717) is 6.54 Å². The van der Waals surface area contributed by atoms with E-state index in [9.17, 15) is 14.7 Å². The van der Waals surface area contributed by atoms with Crippen molar-refractivity contribution in [2.45, 2.75) is 65.0 Å². The number of carbonyl (C=O) groups is 2. The molecule has 1 aliphatic heterocycles. The number of likely N-dealkylation sites (tertiary alicyclic amines) is 1. The molecule has 1 saturated heterocycles. The van der Waals surface area contributed by atoms with Gasteiger partial charge in [-0.3, -0.25) is 0 Å². The van der Waals surface area contributed by atoms with Crippen LogP contribution < -0.4 is 5.32 Å². The minimum atomic E-state index is -0.895. The predicted molar refractivity (Wildman–Crippen MR) is 76.5 cm³/mol. The largest absolute Gasteiger partial charge is 0.480 e. The van der Waals surface area contributed by atoms with Crippen molar-refractivity contribution in [3.8, 4) is 0 Å². The van der Waals surface area contributed by atoms with E-state index in [0.717, 1.165) is 25.7 Å². The third-order valence-electron chi connectivity index (χ3n) is 5.02. The van der Waals surface area contributed by atoms with E-state index in [1.165, 1.54) is 11.3 Å². The first-order valence-corrected chi connectivity index (χ1v) is 7.63. The van der Waals surface area contributed by atoms with Gasteiger partial charge in [0.25, 0.3) is 0 Å². The predicted octanol–water partition coefficient (Wildman–Crippen LogP) is 2.46. The van der Waals surface area contributed by atoms with Gasteiger partial charge in [0.1, 0.15) is 6.04 Å². The van der Waals surface area contributed by atoms with Crippen LogP contribution >= 0.6 is 0 Å². The van der Waals surface area contributed by atoms with E-state index in [4.69, 9.17) is 0 Å². The van der Waals surface area contributed by atoms with E-state index < -0.39 is 12.0 Å². The Balaban J connectivity index is 2.02. The third kappa shape index (κ3) is 2.91. The van der Waals surface area contributed by atoms with E-state index in [2.05, 4.69) is 19.2 Å². The van der Waals surface area contributed by atoms with Gasteiger partial charge in [0.05, 0.1) is 0 Å². The highest BCUT2D eigenvalue weighted by atomic mass is 16.4. The van der Waals surface area contributed by atoms with Crippen LogP contribution in [0.2, 0.25) is 0 Å².